The number of hydrogen-bond donors (Lipinski definition) is 5. The Bertz CT molecular complexity index is 357. The van der Waals surface area contributed by atoms with Gasteiger partial charge in [-0.2, -0.15) is 0 Å². The van der Waals surface area contributed by atoms with Crippen molar-refractivity contribution in [1.29, 1.82) is 0 Å². The molecule has 0 aliphatic carbocycles. The van der Waals surface area contributed by atoms with E-state index >= 15 is 0 Å². The van der Waals surface area contributed by atoms with E-state index in [2.05, 4.69) is 5.32 Å². The van der Waals surface area contributed by atoms with Crippen LogP contribution in [0.2, 0.25) is 0 Å². The van der Waals surface area contributed by atoms with Gasteiger partial charge in [-0.05, 0) is 12.8 Å². The SMILES string of the molecule is CCC(NC(C)=O)C(=O)O.NC(CCC(=O)O)C(=O)O. The van der Waals surface area contributed by atoms with Crippen LogP contribution in [0.15, 0.2) is 0 Å². The van der Waals surface area contributed by atoms with E-state index in [0.717, 1.165) is 0 Å². The Kier molecular flexibility index (Phi) is 10.8. The van der Waals surface area contributed by atoms with E-state index in [1.54, 1.807) is 6.92 Å². The molecule has 1 amide bonds. The number of carboxylic acids is 3. The van der Waals surface area contributed by atoms with E-state index < -0.39 is 30.0 Å². The molecule has 0 spiro atoms. The van der Waals surface area contributed by atoms with Crippen molar-refractivity contribution in [1.82, 2.24) is 5.32 Å². The van der Waals surface area contributed by atoms with Crippen LogP contribution in [0.5, 0.6) is 0 Å². The van der Waals surface area contributed by atoms with Gasteiger partial charge in [0.2, 0.25) is 5.91 Å². The fourth-order valence-corrected chi connectivity index (χ4v) is 0.986. The van der Waals surface area contributed by atoms with Gasteiger partial charge in [-0.1, -0.05) is 6.92 Å². The molecular formula is C11H20N2O7. The molecule has 116 valence electrons. The predicted octanol–water partition coefficient (Wildman–Crippen LogP) is -0.751. The molecular weight excluding hydrogens is 272 g/mol. The maximum atomic E-state index is 10.3. The third-order valence-electron chi connectivity index (χ3n) is 2.07. The van der Waals surface area contributed by atoms with Crippen LogP contribution in [0.1, 0.15) is 33.1 Å². The van der Waals surface area contributed by atoms with Crippen LogP contribution in [0.25, 0.3) is 0 Å². The Hall–Kier alpha value is -2.16. The Morgan fingerprint density at radius 1 is 1.10 bits per heavy atom. The Balaban J connectivity index is 0. The van der Waals surface area contributed by atoms with Gasteiger partial charge in [0.05, 0.1) is 0 Å². The number of nitrogens with two attached hydrogens (primary N) is 1. The van der Waals surface area contributed by atoms with Gasteiger partial charge in [-0.3, -0.25) is 14.4 Å². The second-order valence-electron chi connectivity index (χ2n) is 3.88. The van der Waals surface area contributed by atoms with Crippen LogP contribution < -0.4 is 11.1 Å². The molecule has 20 heavy (non-hydrogen) atoms. The maximum Gasteiger partial charge on any atom is 0.326 e. The monoisotopic (exact) mass is 292 g/mol. The lowest BCUT2D eigenvalue weighted by Gasteiger charge is -2.08. The van der Waals surface area contributed by atoms with Crippen LogP contribution in [0.3, 0.4) is 0 Å². The minimum Gasteiger partial charge on any atom is -0.481 e. The number of rotatable bonds is 7. The first-order valence-corrected chi connectivity index (χ1v) is 5.81. The average Bonchev–Trinajstić information content (AvgIpc) is 2.32. The molecule has 9 heteroatoms. The van der Waals surface area contributed by atoms with Crippen molar-refractivity contribution < 1.29 is 34.5 Å². The standard InChI is InChI=1S/C6H11NO3.C5H9NO4/c1-3-5(6(9)10)7-4(2)8;6-3(5(9)10)1-2-4(7)8/h5H,3H2,1-2H3,(H,7,8)(H,9,10);3H,1-2,6H2,(H,7,8)(H,9,10). The van der Waals surface area contributed by atoms with E-state index in [-0.39, 0.29) is 18.7 Å². The zero-order valence-electron chi connectivity index (χ0n) is 11.3. The molecule has 0 bridgehead atoms. The fraction of sp³-hybridized carbons (Fsp3) is 0.636. The summed E-state index contributed by atoms with van der Waals surface area (Å²) in [5.74, 6) is -3.50. The zero-order chi connectivity index (χ0) is 16.3. The lowest BCUT2D eigenvalue weighted by Crippen LogP contribution is -2.38. The van der Waals surface area contributed by atoms with Crippen molar-refractivity contribution in [3.63, 3.8) is 0 Å². The molecule has 2 unspecified atom stereocenters. The van der Waals surface area contributed by atoms with Gasteiger partial charge >= 0.3 is 17.9 Å². The number of hydrogen-bond acceptors (Lipinski definition) is 5. The maximum absolute atomic E-state index is 10.3. The second kappa shape index (κ2) is 10.7. The van der Waals surface area contributed by atoms with Gasteiger partial charge in [-0.25, -0.2) is 4.79 Å². The molecule has 0 aromatic heterocycles. The molecule has 0 aromatic carbocycles. The minimum absolute atomic E-state index is 0.0231. The summed E-state index contributed by atoms with van der Waals surface area (Å²) in [4.78, 5) is 40.5. The topological polar surface area (TPSA) is 167 Å². The number of carboxylic acid groups (broad SMARTS) is 3. The summed E-state index contributed by atoms with van der Waals surface area (Å²) in [7, 11) is 0. The first-order chi connectivity index (χ1) is 9.11. The van der Waals surface area contributed by atoms with Gasteiger partial charge in [0.15, 0.2) is 0 Å². The highest BCUT2D eigenvalue weighted by atomic mass is 16.4. The quantitative estimate of drug-likeness (QED) is 0.408. The summed E-state index contributed by atoms with van der Waals surface area (Å²) in [6.45, 7) is 3.00. The van der Waals surface area contributed by atoms with E-state index in [1.807, 2.05) is 0 Å². The average molecular weight is 292 g/mol. The molecule has 0 saturated carbocycles. The number of carbonyl (C=O) groups excluding carboxylic acids is 1. The zero-order valence-corrected chi connectivity index (χ0v) is 11.3. The van der Waals surface area contributed by atoms with Crippen LogP contribution in [-0.2, 0) is 19.2 Å². The Morgan fingerprint density at radius 3 is 1.80 bits per heavy atom. The van der Waals surface area contributed by atoms with E-state index in [1.165, 1.54) is 6.92 Å². The second-order valence-corrected chi connectivity index (χ2v) is 3.88. The van der Waals surface area contributed by atoms with Crippen molar-refractivity contribution in [2.75, 3.05) is 0 Å². The summed E-state index contributed by atoms with van der Waals surface area (Å²) in [5.41, 5.74) is 5.00. The minimum atomic E-state index is -1.17. The van der Waals surface area contributed by atoms with E-state index in [0.29, 0.717) is 6.42 Å². The first-order valence-electron chi connectivity index (χ1n) is 5.81. The summed E-state index contributed by atoms with van der Waals surface area (Å²) in [6, 6.07) is -1.80. The predicted molar refractivity (Wildman–Crippen MR) is 68.0 cm³/mol. The number of aliphatic carboxylic acids is 3. The number of carbonyl (C=O) groups is 4. The molecule has 0 aromatic rings. The molecule has 0 aliphatic heterocycles. The Labute approximate surface area is 115 Å². The summed E-state index contributed by atoms with van der Waals surface area (Å²) < 4.78 is 0. The van der Waals surface area contributed by atoms with Gasteiger partial charge in [0, 0.05) is 13.3 Å². The van der Waals surface area contributed by atoms with Crippen molar-refractivity contribution in [3.05, 3.63) is 0 Å². The van der Waals surface area contributed by atoms with E-state index in [9.17, 15) is 19.2 Å². The summed E-state index contributed by atoms with van der Waals surface area (Å²) in [5, 5.41) is 27.0. The third kappa shape index (κ3) is 12.3. The fourth-order valence-electron chi connectivity index (χ4n) is 0.986. The highest BCUT2D eigenvalue weighted by Gasteiger charge is 2.14. The smallest absolute Gasteiger partial charge is 0.326 e. The summed E-state index contributed by atoms with van der Waals surface area (Å²) in [6.07, 6.45) is 0.188. The largest absolute Gasteiger partial charge is 0.481 e. The van der Waals surface area contributed by atoms with Crippen molar-refractivity contribution >= 4 is 23.8 Å². The first kappa shape index (κ1) is 20.2. The highest BCUT2D eigenvalue weighted by molar-refractivity contribution is 5.81. The molecule has 0 aliphatic rings. The summed E-state index contributed by atoms with van der Waals surface area (Å²) >= 11 is 0. The van der Waals surface area contributed by atoms with E-state index in [4.69, 9.17) is 21.1 Å². The van der Waals surface area contributed by atoms with Gasteiger partial charge in [-0.15, -0.1) is 0 Å². The lowest BCUT2D eigenvalue weighted by atomic mass is 10.2. The molecule has 6 N–H and O–H groups in total. The molecule has 9 nitrogen and oxygen atoms in total. The van der Waals surface area contributed by atoms with Crippen LogP contribution in [0, 0.1) is 0 Å². The Morgan fingerprint density at radius 2 is 1.60 bits per heavy atom. The van der Waals surface area contributed by atoms with Crippen molar-refractivity contribution in [2.24, 2.45) is 5.73 Å². The molecule has 0 radical (unpaired) electrons. The van der Waals surface area contributed by atoms with Gasteiger partial charge in [0.25, 0.3) is 0 Å². The molecule has 0 fully saturated rings. The molecule has 0 heterocycles. The third-order valence-corrected chi connectivity index (χ3v) is 2.07. The van der Waals surface area contributed by atoms with Crippen LogP contribution in [0.4, 0.5) is 0 Å². The van der Waals surface area contributed by atoms with Gasteiger partial charge < -0.3 is 26.4 Å². The molecule has 2 atom stereocenters. The van der Waals surface area contributed by atoms with Crippen LogP contribution >= 0.6 is 0 Å². The van der Waals surface area contributed by atoms with Gasteiger partial charge in [0.1, 0.15) is 12.1 Å². The molecule has 0 rings (SSSR count). The molecule has 0 saturated heterocycles. The highest BCUT2D eigenvalue weighted by Crippen LogP contribution is 1.93. The number of nitrogens with one attached hydrogen (secondary N) is 1. The van der Waals surface area contributed by atoms with Crippen LogP contribution in [-0.4, -0.2) is 51.2 Å². The lowest BCUT2D eigenvalue weighted by molar-refractivity contribution is -0.142. The van der Waals surface area contributed by atoms with Crippen molar-refractivity contribution in [3.8, 4) is 0 Å². The number of amides is 1. The normalized spacial score (nSPS) is 12.3. The van der Waals surface area contributed by atoms with Crippen molar-refractivity contribution in [2.45, 2.75) is 45.2 Å².